The van der Waals surface area contributed by atoms with Crippen LogP contribution in [0.1, 0.15) is 49.9 Å². The van der Waals surface area contributed by atoms with Gasteiger partial charge in [0.1, 0.15) is 5.75 Å². The molecule has 0 atom stereocenters. The fourth-order valence-electron chi connectivity index (χ4n) is 3.32. The topological polar surface area (TPSA) is 75.7 Å². The number of ether oxygens (including phenoxy) is 1. The van der Waals surface area contributed by atoms with Crippen LogP contribution in [0.2, 0.25) is 0 Å². The van der Waals surface area contributed by atoms with E-state index in [-0.39, 0.29) is 10.8 Å². The quantitative estimate of drug-likeness (QED) is 0.624. The summed E-state index contributed by atoms with van der Waals surface area (Å²) in [5, 5.41) is 2.81. The number of amides is 1. The minimum atomic E-state index is -3.49. The molecular weight excluding hydrogens is 400 g/mol. The Morgan fingerprint density at radius 3 is 2.30 bits per heavy atom. The molecule has 6 nitrogen and oxygen atoms in total. The third-order valence-electron chi connectivity index (χ3n) is 5.38. The molecule has 1 fully saturated rings. The molecular formula is C23H30N2O4S. The van der Waals surface area contributed by atoms with Crippen LogP contribution in [0, 0.1) is 5.92 Å². The zero-order valence-corrected chi connectivity index (χ0v) is 18.5. The van der Waals surface area contributed by atoms with Gasteiger partial charge in [-0.1, -0.05) is 20.3 Å². The SMILES string of the molecule is CCCCOc1ccc(C(=O)Nc2ccc(S(=O)(=O)N3CCC(C)CC3)cc2)cc1. The summed E-state index contributed by atoms with van der Waals surface area (Å²) in [7, 11) is -3.49. The van der Waals surface area contributed by atoms with Gasteiger partial charge in [0.15, 0.2) is 0 Å². The average Bonchev–Trinajstić information content (AvgIpc) is 2.75. The van der Waals surface area contributed by atoms with E-state index in [9.17, 15) is 13.2 Å². The van der Waals surface area contributed by atoms with Crippen molar-refractivity contribution in [1.82, 2.24) is 4.31 Å². The third-order valence-corrected chi connectivity index (χ3v) is 7.29. The normalized spacial score (nSPS) is 15.7. The first-order valence-corrected chi connectivity index (χ1v) is 12.0. The Labute approximate surface area is 179 Å². The van der Waals surface area contributed by atoms with Crippen LogP contribution in [0.25, 0.3) is 0 Å². The van der Waals surface area contributed by atoms with Gasteiger partial charge in [0.25, 0.3) is 5.91 Å². The van der Waals surface area contributed by atoms with Gasteiger partial charge in [0, 0.05) is 24.3 Å². The minimum Gasteiger partial charge on any atom is -0.494 e. The van der Waals surface area contributed by atoms with E-state index in [1.807, 2.05) is 0 Å². The van der Waals surface area contributed by atoms with Gasteiger partial charge in [-0.25, -0.2) is 8.42 Å². The second-order valence-electron chi connectivity index (χ2n) is 7.79. The second kappa shape index (κ2) is 10.1. The molecule has 0 aliphatic carbocycles. The summed E-state index contributed by atoms with van der Waals surface area (Å²) >= 11 is 0. The van der Waals surface area contributed by atoms with E-state index < -0.39 is 10.0 Å². The Morgan fingerprint density at radius 2 is 1.70 bits per heavy atom. The predicted octanol–water partition coefficient (Wildman–Crippen LogP) is 4.54. The van der Waals surface area contributed by atoms with E-state index in [2.05, 4.69) is 19.2 Å². The van der Waals surface area contributed by atoms with Gasteiger partial charge in [-0.15, -0.1) is 0 Å². The highest BCUT2D eigenvalue weighted by atomic mass is 32.2. The maximum absolute atomic E-state index is 12.8. The molecule has 0 spiro atoms. The van der Waals surface area contributed by atoms with Gasteiger partial charge in [0.2, 0.25) is 10.0 Å². The van der Waals surface area contributed by atoms with Crippen LogP contribution >= 0.6 is 0 Å². The molecule has 162 valence electrons. The van der Waals surface area contributed by atoms with Crippen LogP contribution in [-0.2, 0) is 10.0 Å². The molecule has 1 aliphatic heterocycles. The summed E-state index contributed by atoms with van der Waals surface area (Å²) in [5.41, 5.74) is 1.06. The second-order valence-corrected chi connectivity index (χ2v) is 9.73. The number of nitrogens with zero attached hydrogens (tertiary/aromatic N) is 1. The molecule has 0 radical (unpaired) electrons. The van der Waals surface area contributed by atoms with Gasteiger partial charge in [-0.05, 0) is 73.7 Å². The van der Waals surface area contributed by atoms with Crippen LogP contribution in [0.3, 0.4) is 0 Å². The summed E-state index contributed by atoms with van der Waals surface area (Å²) < 4.78 is 32.8. The fourth-order valence-corrected chi connectivity index (χ4v) is 4.79. The molecule has 1 heterocycles. The minimum absolute atomic E-state index is 0.253. The van der Waals surface area contributed by atoms with Gasteiger partial charge in [-0.3, -0.25) is 4.79 Å². The number of unbranched alkanes of at least 4 members (excludes halogenated alkanes) is 1. The highest BCUT2D eigenvalue weighted by molar-refractivity contribution is 7.89. The van der Waals surface area contributed by atoms with Crippen molar-refractivity contribution in [3.05, 3.63) is 54.1 Å². The van der Waals surface area contributed by atoms with E-state index in [0.717, 1.165) is 31.4 Å². The highest BCUT2D eigenvalue weighted by Crippen LogP contribution is 2.24. The van der Waals surface area contributed by atoms with Crippen molar-refractivity contribution in [1.29, 1.82) is 0 Å². The summed E-state index contributed by atoms with van der Waals surface area (Å²) in [5.74, 6) is 1.04. The number of hydrogen-bond donors (Lipinski definition) is 1. The Morgan fingerprint density at radius 1 is 1.07 bits per heavy atom. The number of anilines is 1. The van der Waals surface area contributed by atoms with Crippen molar-refractivity contribution >= 4 is 21.6 Å². The first kappa shape index (κ1) is 22.3. The highest BCUT2D eigenvalue weighted by Gasteiger charge is 2.27. The average molecular weight is 431 g/mol. The molecule has 2 aromatic carbocycles. The standard InChI is InChI=1S/C23H30N2O4S/c1-3-4-17-29-21-9-5-19(6-10-21)23(26)24-20-7-11-22(12-8-20)30(27,28)25-15-13-18(2)14-16-25/h5-12,18H,3-4,13-17H2,1-2H3,(H,24,26). The first-order valence-electron chi connectivity index (χ1n) is 10.5. The first-order chi connectivity index (χ1) is 14.4. The molecule has 2 aromatic rings. The summed E-state index contributed by atoms with van der Waals surface area (Å²) in [4.78, 5) is 12.7. The third kappa shape index (κ3) is 5.61. The number of benzene rings is 2. The van der Waals surface area contributed by atoms with Crippen LogP contribution in [0.15, 0.2) is 53.4 Å². The van der Waals surface area contributed by atoms with E-state index >= 15 is 0 Å². The molecule has 1 aliphatic rings. The molecule has 1 amide bonds. The molecule has 0 unspecified atom stereocenters. The lowest BCUT2D eigenvalue weighted by Gasteiger charge is -2.29. The molecule has 3 rings (SSSR count). The molecule has 1 N–H and O–H groups in total. The van der Waals surface area contributed by atoms with Gasteiger partial charge >= 0.3 is 0 Å². The van der Waals surface area contributed by atoms with Gasteiger partial charge < -0.3 is 10.1 Å². The van der Waals surface area contributed by atoms with E-state index in [1.165, 1.54) is 0 Å². The monoisotopic (exact) mass is 430 g/mol. The number of carbonyl (C=O) groups is 1. The van der Waals surface area contributed by atoms with Gasteiger partial charge in [-0.2, -0.15) is 4.31 Å². The van der Waals surface area contributed by atoms with Crippen LogP contribution < -0.4 is 10.1 Å². The lowest BCUT2D eigenvalue weighted by Crippen LogP contribution is -2.37. The zero-order chi connectivity index (χ0) is 21.6. The van der Waals surface area contributed by atoms with Crippen LogP contribution in [0.5, 0.6) is 5.75 Å². The predicted molar refractivity (Wildman–Crippen MR) is 118 cm³/mol. The van der Waals surface area contributed by atoms with E-state index in [0.29, 0.717) is 36.9 Å². The lowest BCUT2D eigenvalue weighted by molar-refractivity contribution is 0.102. The number of rotatable bonds is 8. The van der Waals surface area contributed by atoms with Crippen molar-refractivity contribution in [2.45, 2.75) is 44.4 Å². The Balaban J connectivity index is 1.60. The maximum atomic E-state index is 12.8. The smallest absolute Gasteiger partial charge is 0.255 e. The van der Waals surface area contributed by atoms with Crippen molar-refractivity contribution < 1.29 is 17.9 Å². The number of piperidine rings is 1. The van der Waals surface area contributed by atoms with Crippen molar-refractivity contribution in [3.8, 4) is 5.75 Å². The Kier molecular flexibility index (Phi) is 7.50. The van der Waals surface area contributed by atoms with Crippen LogP contribution in [-0.4, -0.2) is 38.3 Å². The van der Waals surface area contributed by atoms with Crippen molar-refractivity contribution in [3.63, 3.8) is 0 Å². The Bertz CT molecular complexity index is 932. The summed E-state index contributed by atoms with van der Waals surface area (Å²) in [6.07, 6.45) is 3.83. The summed E-state index contributed by atoms with van der Waals surface area (Å²) in [6.45, 7) is 6.02. The molecule has 7 heteroatoms. The molecule has 0 saturated carbocycles. The maximum Gasteiger partial charge on any atom is 0.255 e. The van der Waals surface area contributed by atoms with E-state index in [1.54, 1.807) is 52.8 Å². The molecule has 0 aromatic heterocycles. The number of carbonyl (C=O) groups excluding carboxylic acids is 1. The number of nitrogens with one attached hydrogen (secondary N) is 1. The summed E-state index contributed by atoms with van der Waals surface area (Å²) in [6, 6.07) is 13.3. The van der Waals surface area contributed by atoms with Crippen LogP contribution in [0.4, 0.5) is 5.69 Å². The zero-order valence-electron chi connectivity index (χ0n) is 17.6. The molecule has 30 heavy (non-hydrogen) atoms. The largest absolute Gasteiger partial charge is 0.494 e. The Hall–Kier alpha value is -2.38. The lowest BCUT2D eigenvalue weighted by atomic mass is 10.0. The van der Waals surface area contributed by atoms with Crippen molar-refractivity contribution in [2.75, 3.05) is 25.0 Å². The van der Waals surface area contributed by atoms with Gasteiger partial charge in [0.05, 0.1) is 11.5 Å². The number of hydrogen-bond acceptors (Lipinski definition) is 4. The molecule has 0 bridgehead atoms. The molecule has 1 saturated heterocycles. The van der Waals surface area contributed by atoms with E-state index in [4.69, 9.17) is 4.74 Å². The number of sulfonamides is 1. The fraction of sp³-hybridized carbons (Fsp3) is 0.435. The van der Waals surface area contributed by atoms with Crippen molar-refractivity contribution in [2.24, 2.45) is 5.92 Å².